The monoisotopic (exact) mass is 149 g/mol. The lowest BCUT2D eigenvalue weighted by Crippen LogP contribution is -2.21. The summed E-state index contributed by atoms with van der Waals surface area (Å²) in [6.07, 6.45) is 6.48. The van der Waals surface area contributed by atoms with E-state index in [-0.39, 0.29) is 5.82 Å². The quantitative estimate of drug-likeness (QED) is 0.509. The maximum Gasteiger partial charge on any atom is 0.361 e. The molecule has 1 aromatic heterocycles. The van der Waals surface area contributed by atoms with Crippen molar-refractivity contribution in [3.05, 3.63) is 22.2 Å². The Labute approximate surface area is 63.7 Å². The van der Waals surface area contributed by atoms with Gasteiger partial charge in [0.25, 0.3) is 0 Å². The van der Waals surface area contributed by atoms with Crippen molar-refractivity contribution in [2.45, 2.75) is 6.92 Å². The summed E-state index contributed by atoms with van der Waals surface area (Å²) in [4.78, 5) is 14.3. The molecule has 1 heterocycles. The average molecular weight is 149 g/mol. The number of nitrogens with two attached hydrogens (primary N) is 1. The van der Waals surface area contributed by atoms with Crippen LogP contribution in [0.5, 0.6) is 0 Å². The van der Waals surface area contributed by atoms with Crippen molar-refractivity contribution in [1.29, 1.82) is 0 Å². The fourth-order valence-corrected chi connectivity index (χ4v) is 0.653. The van der Waals surface area contributed by atoms with E-state index < -0.39 is 5.69 Å². The van der Waals surface area contributed by atoms with Gasteiger partial charge in [-0.15, -0.1) is 0 Å². The molecular weight excluding hydrogens is 142 g/mol. The van der Waals surface area contributed by atoms with Crippen molar-refractivity contribution in [2.75, 3.05) is 5.73 Å². The van der Waals surface area contributed by atoms with Crippen molar-refractivity contribution in [3.8, 4) is 12.5 Å². The first-order chi connectivity index (χ1) is 5.15. The topological polar surface area (TPSA) is 60.9 Å². The fraction of sp³-hybridized carbons (Fsp3) is 0.143. The highest BCUT2D eigenvalue weighted by molar-refractivity contribution is 5.35. The predicted molar refractivity (Wildman–Crippen MR) is 41.9 cm³/mol. The summed E-state index contributed by atoms with van der Waals surface area (Å²) < 4.78 is 1.05. The van der Waals surface area contributed by atoms with Crippen LogP contribution in [0, 0.1) is 19.4 Å². The first-order valence-corrected chi connectivity index (χ1v) is 2.97. The molecule has 0 saturated carbocycles. The van der Waals surface area contributed by atoms with Gasteiger partial charge in [0.05, 0.1) is 0 Å². The second-order valence-electron chi connectivity index (χ2n) is 2.09. The van der Waals surface area contributed by atoms with Crippen LogP contribution in [0.25, 0.3) is 0 Å². The lowest BCUT2D eigenvalue weighted by atomic mass is 10.3. The minimum Gasteiger partial charge on any atom is -0.383 e. The summed E-state index contributed by atoms with van der Waals surface area (Å²) in [6.45, 7) is 1.73. The molecule has 0 radical (unpaired) electrons. The molecule has 0 aliphatic heterocycles. The molecule has 0 aromatic carbocycles. The van der Waals surface area contributed by atoms with Crippen LogP contribution in [0.1, 0.15) is 5.56 Å². The number of hydrogen-bond donors (Lipinski definition) is 1. The Balaban J connectivity index is 3.48. The Morgan fingerprint density at radius 2 is 2.45 bits per heavy atom. The van der Waals surface area contributed by atoms with E-state index in [1.54, 1.807) is 6.92 Å². The SMILES string of the molecule is C#Cn1cc(C)c(N)nc1=O. The molecule has 0 aliphatic carbocycles. The molecule has 1 rings (SSSR count). The van der Waals surface area contributed by atoms with Crippen LogP contribution in [-0.2, 0) is 0 Å². The van der Waals surface area contributed by atoms with E-state index in [1.165, 1.54) is 6.20 Å². The highest BCUT2D eigenvalue weighted by Gasteiger charge is 1.98. The van der Waals surface area contributed by atoms with E-state index in [2.05, 4.69) is 11.0 Å². The Morgan fingerprint density at radius 3 is 3.00 bits per heavy atom. The number of nitrogens with zero attached hydrogens (tertiary/aromatic N) is 2. The van der Waals surface area contributed by atoms with E-state index in [0.29, 0.717) is 5.56 Å². The number of nitrogen functional groups attached to an aromatic ring is 1. The van der Waals surface area contributed by atoms with Crippen molar-refractivity contribution >= 4 is 5.82 Å². The third-order valence-corrected chi connectivity index (χ3v) is 1.29. The third kappa shape index (κ3) is 1.22. The maximum absolute atomic E-state index is 10.9. The Hall–Kier alpha value is -1.76. The molecule has 4 heteroatoms. The zero-order chi connectivity index (χ0) is 8.43. The van der Waals surface area contributed by atoms with Gasteiger partial charge in [-0.3, -0.25) is 0 Å². The largest absolute Gasteiger partial charge is 0.383 e. The summed E-state index contributed by atoms with van der Waals surface area (Å²) >= 11 is 0. The van der Waals surface area contributed by atoms with Crippen molar-refractivity contribution < 1.29 is 0 Å². The molecule has 0 spiro atoms. The second kappa shape index (κ2) is 2.46. The van der Waals surface area contributed by atoms with Gasteiger partial charge in [0, 0.05) is 17.8 Å². The minimum atomic E-state index is -0.518. The average Bonchev–Trinajstić information content (AvgIpc) is 1.97. The highest BCUT2D eigenvalue weighted by Crippen LogP contribution is 1.99. The summed E-state index contributed by atoms with van der Waals surface area (Å²) in [6, 6.07) is 2.15. The summed E-state index contributed by atoms with van der Waals surface area (Å²) in [7, 11) is 0. The molecule has 1 aromatic rings. The number of aromatic nitrogens is 2. The third-order valence-electron chi connectivity index (χ3n) is 1.29. The van der Waals surface area contributed by atoms with Gasteiger partial charge in [0.15, 0.2) is 0 Å². The first-order valence-electron chi connectivity index (χ1n) is 2.97. The highest BCUT2D eigenvalue weighted by atomic mass is 16.1. The molecule has 4 nitrogen and oxygen atoms in total. The minimum absolute atomic E-state index is 0.224. The molecule has 0 unspecified atom stereocenters. The van der Waals surface area contributed by atoms with Crippen LogP contribution >= 0.6 is 0 Å². The molecule has 2 N–H and O–H groups in total. The number of rotatable bonds is 0. The van der Waals surface area contributed by atoms with Crippen LogP contribution < -0.4 is 11.4 Å². The molecule has 0 atom stereocenters. The Morgan fingerprint density at radius 1 is 1.82 bits per heavy atom. The molecule has 0 bridgehead atoms. The van der Waals surface area contributed by atoms with Gasteiger partial charge in [-0.25, -0.2) is 9.36 Å². The number of anilines is 1. The zero-order valence-corrected chi connectivity index (χ0v) is 6.03. The van der Waals surface area contributed by atoms with Crippen LogP contribution in [0.2, 0.25) is 0 Å². The van der Waals surface area contributed by atoms with E-state index in [1.807, 2.05) is 0 Å². The van der Waals surface area contributed by atoms with E-state index in [4.69, 9.17) is 12.2 Å². The lowest BCUT2D eigenvalue weighted by molar-refractivity contribution is 0.938. The number of hydrogen-bond acceptors (Lipinski definition) is 3. The van der Waals surface area contributed by atoms with Gasteiger partial charge in [0.2, 0.25) is 0 Å². The zero-order valence-electron chi connectivity index (χ0n) is 6.03. The van der Waals surface area contributed by atoms with Gasteiger partial charge in [0.1, 0.15) is 5.82 Å². The van der Waals surface area contributed by atoms with Crippen LogP contribution in [-0.4, -0.2) is 9.55 Å². The Bertz CT molecular complexity index is 372. The van der Waals surface area contributed by atoms with E-state index in [9.17, 15) is 4.79 Å². The summed E-state index contributed by atoms with van der Waals surface area (Å²) in [5.74, 6) is 0.224. The normalized spacial score (nSPS) is 9.09. The van der Waals surface area contributed by atoms with Gasteiger partial charge >= 0.3 is 5.69 Å². The van der Waals surface area contributed by atoms with Crippen molar-refractivity contribution in [2.24, 2.45) is 0 Å². The number of terminal acetylenes is 1. The lowest BCUT2D eigenvalue weighted by Gasteiger charge is -1.98. The second-order valence-corrected chi connectivity index (χ2v) is 2.09. The standard InChI is InChI=1S/C7H7N3O/c1-3-10-4-5(2)6(8)9-7(10)11/h1,4H,2H3,(H2,8,9,11). The first kappa shape index (κ1) is 7.35. The van der Waals surface area contributed by atoms with Crippen LogP contribution in [0.3, 0.4) is 0 Å². The molecule has 0 saturated heterocycles. The predicted octanol–water partition coefficient (Wildman–Crippen LogP) is -0.427. The van der Waals surface area contributed by atoms with Gasteiger partial charge in [-0.2, -0.15) is 4.98 Å². The molecule has 0 fully saturated rings. The smallest absolute Gasteiger partial charge is 0.361 e. The van der Waals surface area contributed by atoms with Crippen molar-refractivity contribution in [3.63, 3.8) is 0 Å². The fourth-order valence-electron chi connectivity index (χ4n) is 0.653. The molecule has 0 aliphatic rings. The van der Waals surface area contributed by atoms with Gasteiger partial charge in [-0.1, -0.05) is 6.42 Å². The van der Waals surface area contributed by atoms with Crippen molar-refractivity contribution in [1.82, 2.24) is 9.55 Å². The van der Waals surface area contributed by atoms with Gasteiger partial charge in [-0.05, 0) is 6.92 Å². The maximum atomic E-state index is 10.9. The van der Waals surface area contributed by atoms with E-state index in [0.717, 1.165) is 4.57 Å². The molecule has 0 amide bonds. The summed E-state index contributed by atoms with van der Waals surface area (Å²) in [5.41, 5.74) is 5.53. The van der Waals surface area contributed by atoms with E-state index >= 15 is 0 Å². The molecular formula is C7H7N3O. The van der Waals surface area contributed by atoms with Gasteiger partial charge < -0.3 is 5.73 Å². The van der Waals surface area contributed by atoms with Crippen LogP contribution in [0.15, 0.2) is 11.0 Å². The Kier molecular flexibility index (Phi) is 1.65. The number of aryl methyl sites for hydroxylation is 1. The van der Waals surface area contributed by atoms with Crippen LogP contribution in [0.4, 0.5) is 5.82 Å². The summed E-state index contributed by atoms with van der Waals surface area (Å²) in [5, 5.41) is 0. The molecule has 56 valence electrons. The molecule has 11 heavy (non-hydrogen) atoms.